The van der Waals surface area contributed by atoms with Crippen molar-refractivity contribution in [3.8, 4) is 0 Å². The number of likely N-dealkylation sites (N-methyl/N-ethyl adjacent to an activating group) is 2. The summed E-state index contributed by atoms with van der Waals surface area (Å²) >= 11 is 0. The molecule has 1 aliphatic heterocycles. The van der Waals surface area contributed by atoms with Crippen LogP contribution in [0.2, 0.25) is 0 Å². The first kappa shape index (κ1) is 18.5. The van der Waals surface area contributed by atoms with Gasteiger partial charge in [-0.25, -0.2) is 0 Å². The van der Waals surface area contributed by atoms with Gasteiger partial charge in [-0.15, -0.1) is 0 Å². The quantitative estimate of drug-likeness (QED) is 0.764. The van der Waals surface area contributed by atoms with Crippen molar-refractivity contribution in [1.29, 1.82) is 0 Å². The molecule has 0 aliphatic carbocycles. The van der Waals surface area contributed by atoms with Gasteiger partial charge < -0.3 is 14.2 Å². The van der Waals surface area contributed by atoms with Gasteiger partial charge in [-0.05, 0) is 56.1 Å². The third-order valence-electron chi connectivity index (χ3n) is 4.91. The molecule has 0 spiro atoms. The fourth-order valence-electron chi connectivity index (χ4n) is 3.41. The molecule has 1 amide bonds. The van der Waals surface area contributed by atoms with Crippen molar-refractivity contribution in [2.24, 2.45) is 0 Å². The monoisotopic (exact) mass is 355 g/mol. The minimum atomic E-state index is 0.0915. The van der Waals surface area contributed by atoms with E-state index in [1.807, 2.05) is 26.2 Å². The van der Waals surface area contributed by atoms with Gasteiger partial charge in [-0.1, -0.05) is 12.1 Å². The molecule has 1 fully saturated rings. The highest BCUT2D eigenvalue weighted by molar-refractivity contribution is 5.77. The summed E-state index contributed by atoms with van der Waals surface area (Å²) in [5, 5.41) is 0. The van der Waals surface area contributed by atoms with Gasteiger partial charge in [0.15, 0.2) is 0 Å². The Kier molecular flexibility index (Phi) is 6.34. The molecule has 0 unspecified atom stereocenters. The van der Waals surface area contributed by atoms with E-state index in [1.54, 1.807) is 11.2 Å². The van der Waals surface area contributed by atoms with Gasteiger partial charge in [-0.3, -0.25) is 9.69 Å². The molecule has 1 saturated heterocycles. The van der Waals surface area contributed by atoms with Crippen molar-refractivity contribution in [1.82, 2.24) is 9.80 Å². The Morgan fingerprint density at radius 1 is 1.04 bits per heavy atom. The number of nitrogens with zero attached hydrogens (tertiary/aromatic N) is 3. The first-order valence-corrected chi connectivity index (χ1v) is 9.40. The molecule has 0 bridgehead atoms. The molecule has 1 aliphatic rings. The summed E-state index contributed by atoms with van der Waals surface area (Å²) < 4.78 is 5.30. The number of piperidine rings is 1. The lowest BCUT2D eigenvalue weighted by molar-refractivity contribution is -0.131. The molecule has 2 heterocycles. The number of hydrogen-bond donors (Lipinski definition) is 0. The molecule has 0 N–H and O–H groups in total. The van der Waals surface area contributed by atoms with Crippen LogP contribution in [0.4, 0.5) is 5.69 Å². The van der Waals surface area contributed by atoms with Crippen LogP contribution in [0.5, 0.6) is 0 Å². The summed E-state index contributed by atoms with van der Waals surface area (Å²) in [6.07, 6.45) is 5.56. The summed E-state index contributed by atoms with van der Waals surface area (Å²) in [5.74, 6) is 0.894. The highest BCUT2D eigenvalue weighted by Gasteiger charge is 2.14. The summed E-state index contributed by atoms with van der Waals surface area (Å²) in [5.41, 5.74) is 2.54. The Bertz CT molecular complexity index is 676. The van der Waals surface area contributed by atoms with Crippen LogP contribution >= 0.6 is 0 Å². The van der Waals surface area contributed by atoms with E-state index in [9.17, 15) is 4.79 Å². The van der Waals surface area contributed by atoms with Crippen LogP contribution in [-0.2, 0) is 17.9 Å². The van der Waals surface area contributed by atoms with E-state index < -0.39 is 0 Å². The van der Waals surface area contributed by atoms with Crippen LogP contribution in [0, 0.1) is 0 Å². The molecule has 5 nitrogen and oxygen atoms in total. The molecule has 0 radical (unpaired) electrons. The topological polar surface area (TPSA) is 39.9 Å². The average Bonchev–Trinajstić information content (AvgIpc) is 3.16. The molecule has 2 aromatic rings. The lowest BCUT2D eigenvalue weighted by atomic mass is 10.1. The zero-order chi connectivity index (χ0) is 18.4. The van der Waals surface area contributed by atoms with Gasteiger partial charge in [0, 0.05) is 32.4 Å². The van der Waals surface area contributed by atoms with Gasteiger partial charge in [0.1, 0.15) is 5.76 Å². The van der Waals surface area contributed by atoms with Crippen LogP contribution in [0.25, 0.3) is 0 Å². The highest BCUT2D eigenvalue weighted by atomic mass is 16.3. The second-order valence-corrected chi connectivity index (χ2v) is 7.22. The Hall–Kier alpha value is -2.27. The van der Waals surface area contributed by atoms with Crippen molar-refractivity contribution < 1.29 is 9.21 Å². The van der Waals surface area contributed by atoms with Gasteiger partial charge in [0.2, 0.25) is 5.91 Å². The van der Waals surface area contributed by atoms with E-state index in [1.165, 1.54) is 30.5 Å². The first-order chi connectivity index (χ1) is 12.6. The minimum absolute atomic E-state index is 0.0915. The van der Waals surface area contributed by atoms with E-state index in [4.69, 9.17) is 4.42 Å². The van der Waals surface area contributed by atoms with E-state index in [-0.39, 0.29) is 5.91 Å². The van der Waals surface area contributed by atoms with Gasteiger partial charge in [0.25, 0.3) is 0 Å². The predicted octanol–water partition coefficient (Wildman–Crippen LogP) is 3.36. The summed E-state index contributed by atoms with van der Waals surface area (Å²) in [6, 6.07) is 12.5. The molecule has 1 aromatic heterocycles. The molecule has 0 saturated carbocycles. The SMILES string of the molecule is CN(CC(=O)N(C)Cc1ccco1)Cc1ccc(N2CCCCC2)cc1. The predicted molar refractivity (Wildman–Crippen MR) is 104 cm³/mol. The standard InChI is InChI=1S/C21H29N3O2/c1-22(17-21(25)23(2)16-20-7-6-14-26-20)15-18-8-10-19(11-9-18)24-12-4-3-5-13-24/h6-11,14H,3-5,12-13,15-17H2,1-2H3. The fraction of sp³-hybridized carbons (Fsp3) is 0.476. The number of carbonyl (C=O) groups is 1. The highest BCUT2D eigenvalue weighted by Crippen LogP contribution is 2.20. The van der Waals surface area contributed by atoms with Gasteiger partial charge in [-0.2, -0.15) is 0 Å². The molecular formula is C21H29N3O2. The normalized spacial score (nSPS) is 14.7. The second kappa shape index (κ2) is 8.90. The Labute approximate surface area is 156 Å². The maximum absolute atomic E-state index is 12.4. The number of furan rings is 1. The summed E-state index contributed by atoms with van der Waals surface area (Å²) in [7, 11) is 3.79. The second-order valence-electron chi connectivity index (χ2n) is 7.22. The molecule has 3 rings (SSSR count). The molecule has 140 valence electrons. The van der Waals surface area contributed by atoms with Crippen LogP contribution in [0.1, 0.15) is 30.6 Å². The first-order valence-electron chi connectivity index (χ1n) is 9.40. The van der Waals surface area contributed by atoms with Crippen molar-refractivity contribution in [3.63, 3.8) is 0 Å². The van der Waals surface area contributed by atoms with Crippen LogP contribution in [0.3, 0.4) is 0 Å². The zero-order valence-electron chi connectivity index (χ0n) is 15.9. The largest absolute Gasteiger partial charge is 0.467 e. The number of hydrogen-bond acceptors (Lipinski definition) is 4. The van der Waals surface area contributed by atoms with Crippen LogP contribution < -0.4 is 4.90 Å². The lowest BCUT2D eigenvalue weighted by Crippen LogP contribution is -2.36. The average molecular weight is 355 g/mol. The van der Waals surface area contributed by atoms with E-state index in [0.717, 1.165) is 25.4 Å². The van der Waals surface area contributed by atoms with E-state index in [2.05, 4.69) is 34.1 Å². The number of benzene rings is 1. The number of rotatable bonds is 7. The lowest BCUT2D eigenvalue weighted by Gasteiger charge is -2.29. The third-order valence-corrected chi connectivity index (χ3v) is 4.91. The molecule has 5 heteroatoms. The minimum Gasteiger partial charge on any atom is -0.467 e. The summed E-state index contributed by atoms with van der Waals surface area (Å²) in [6.45, 7) is 3.99. The van der Waals surface area contributed by atoms with Crippen LogP contribution in [0.15, 0.2) is 47.1 Å². The Balaban J connectivity index is 1.47. The van der Waals surface area contributed by atoms with E-state index >= 15 is 0 Å². The number of amides is 1. The van der Waals surface area contributed by atoms with Crippen LogP contribution in [-0.4, -0.2) is 49.4 Å². The van der Waals surface area contributed by atoms with E-state index in [0.29, 0.717) is 13.1 Å². The smallest absolute Gasteiger partial charge is 0.236 e. The van der Waals surface area contributed by atoms with Crippen molar-refractivity contribution in [2.45, 2.75) is 32.4 Å². The van der Waals surface area contributed by atoms with Crippen molar-refractivity contribution in [3.05, 3.63) is 54.0 Å². The number of anilines is 1. The third kappa shape index (κ3) is 5.11. The Morgan fingerprint density at radius 3 is 2.42 bits per heavy atom. The molecule has 1 aromatic carbocycles. The van der Waals surface area contributed by atoms with Crippen molar-refractivity contribution >= 4 is 11.6 Å². The van der Waals surface area contributed by atoms with Gasteiger partial charge in [0.05, 0.1) is 19.4 Å². The maximum Gasteiger partial charge on any atom is 0.236 e. The fourth-order valence-corrected chi connectivity index (χ4v) is 3.41. The molecular weight excluding hydrogens is 326 g/mol. The maximum atomic E-state index is 12.4. The summed E-state index contributed by atoms with van der Waals surface area (Å²) in [4.78, 5) is 18.6. The van der Waals surface area contributed by atoms with Gasteiger partial charge >= 0.3 is 0 Å². The molecule has 0 atom stereocenters. The zero-order valence-corrected chi connectivity index (χ0v) is 15.9. The number of carbonyl (C=O) groups excluding carboxylic acids is 1. The molecule has 26 heavy (non-hydrogen) atoms. The Morgan fingerprint density at radius 2 is 1.77 bits per heavy atom. The van der Waals surface area contributed by atoms with Crippen molar-refractivity contribution in [2.75, 3.05) is 38.6 Å².